The lowest BCUT2D eigenvalue weighted by Crippen LogP contribution is -2.31. The molecule has 0 aliphatic carbocycles. The highest BCUT2D eigenvalue weighted by atomic mass is 32.1. The number of hydrogen-bond acceptors (Lipinski definition) is 6. The average Bonchev–Trinajstić information content (AvgIpc) is 3.01. The number of aryl methyl sites for hydroxylation is 1. The molecular formula is C15H20N4OS. The molecule has 0 spiro atoms. The summed E-state index contributed by atoms with van der Waals surface area (Å²) in [6.45, 7) is 2.85. The van der Waals surface area contributed by atoms with E-state index in [0.29, 0.717) is 0 Å². The first kappa shape index (κ1) is 14.6. The lowest BCUT2D eigenvalue weighted by Gasteiger charge is -2.28. The Kier molecular flexibility index (Phi) is 4.60. The molecule has 6 heteroatoms. The summed E-state index contributed by atoms with van der Waals surface area (Å²) in [5.41, 5.74) is 6.58. The molecule has 0 fully saturated rings. The lowest BCUT2D eigenvalue weighted by atomic mass is 9.93. The van der Waals surface area contributed by atoms with E-state index in [2.05, 4.69) is 46.2 Å². The predicted molar refractivity (Wildman–Crippen MR) is 82.8 cm³/mol. The van der Waals surface area contributed by atoms with Crippen molar-refractivity contribution in [2.24, 2.45) is 5.84 Å². The van der Waals surface area contributed by atoms with Crippen LogP contribution in [0.3, 0.4) is 0 Å². The smallest absolute Gasteiger partial charge is 0.0846 e. The molecule has 3 N–H and O–H groups in total. The molecule has 112 valence electrons. The fourth-order valence-electron chi connectivity index (χ4n) is 2.86. The summed E-state index contributed by atoms with van der Waals surface area (Å²) in [6.07, 6.45) is 2.72. The molecule has 1 aliphatic heterocycles. The highest BCUT2D eigenvalue weighted by molar-refractivity contribution is 7.05. The number of benzene rings is 1. The van der Waals surface area contributed by atoms with E-state index in [4.69, 9.17) is 10.6 Å². The number of aromatic nitrogens is 2. The van der Waals surface area contributed by atoms with E-state index in [1.165, 1.54) is 22.7 Å². The molecule has 3 rings (SSSR count). The molecule has 0 radical (unpaired) electrons. The third kappa shape index (κ3) is 2.98. The maximum atomic E-state index is 5.98. The zero-order valence-corrected chi connectivity index (χ0v) is 12.9. The molecule has 1 aliphatic rings. The van der Waals surface area contributed by atoms with Gasteiger partial charge in [-0.25, -0.2) is 0 Å². The molecule has 1 aromatic heterocycles. The summed E-state index contributed by atoms with van der Waals surface area (Å²) >= 11 is 1.42. The number of nitrogens with one attached hydrogen (secondary N) is 1. The Morgan fingerprint density at radius 2 is 2.33 bits per heavy atom. The minimum absolute atomic E-state index is 0.0242. The van der Waals surface area contributed by atoms with Gasteiger partial charge in [0.1, 0.15) is 0 Å². The van der Waals surface area contributed by atoms with E-state index >= 15 is 0 Å². The van der Waals surface area contributed by atoms with Crippen molar-refractivity contribution >= 4 is 11.5 Å². The quantitative estimate of drug-likeness (QED) is 0.655. The second-order valence-corrected chi connectivity index (χ2v) is 5.99. The van der Waals surface area contributed by atoms with Crippen LogP contribution in [0.15, 0.2) is 24.3 Å². The van der Waals surface area contributed by atoms with Crippen molar-refractivity contribution in [1.29, 1.82) is 0 Å². The average molecular weight is 304 g/mol. The van der Waals surface area contributed by atoms with E-state index in [1.807, 2.05) is 0 Å². The molecule has 2 aromatic rings. The van der Waals surface area contributed by atoms with E-state index in [9.17, 15) is 0 Å². The fourth-order valence-corrected chi connectivity index (χ4v) is 3.67. The molecule has 2 unspecified atom stereocenters. The summed E-state index contributed by atoms with van der Waals surface area (Å²) in [6, 6.07) is 8.51. The maximum Gasteiger partial charge on any atom is 0.0846 e. The van der Waals surface area contributed by atoms with Gasteiger partial charge in [-0.15, -0.1) is 5.10 Å². The van der Waals surface area contributed by atoms with Crippen LogP contribution in [0.5, 0.6) is 0 Å². The van der Waals surface area contributed by atoms with E-state index < -0.39 is 0 Å². The Hall–Kier alpha value is -1.34. The number of hydrogen-bond donors (Lipinski definition) is 2. The van der Waals surface area contributed by atoms with Crippen LogP contribution in [0.4, 0.5) is 0 Å². The van der Waals surface area contributed by atoms with Crippen LogP contribution in [0.1, 0.15) is 47.2 Å². The number of hydrazine groups is 1. The van der Waals surface area contributed by atoms with Crippen molar-refractivity contribution in [2.45, 2.75) is 38.3 Å². The van der Waals surface area contributed by atoms with Crippen molar-refractivity contribution in [3.05, 3.63) is 46.0 Å². The number of fused-ring (bicyclic) bond motifs is 1. The largest absolute Gasteiger partial charge is 0.373 e. The molecule has 21 heavy (non-hydrogen) atoms. The van der Waals surface area contributed by atoms with Crippen LogP contribution in [-0.4, -0.2) is 16.2 Å². The Morgan fingerprint density at radius 3 is 3.14 bits per heavy atom. The van der Waals surface area contributed by atoms with Crippen molar-refractivity contribution in [3.63, 3.8) is 0 Å². The summed E-state index contributed by atoms with van der Waals surface area (Å²) in [5.74, 6) is 5.77. The predicted octanol–water partition coefficient (Wildman–Crippen LogP) is 2.31. The first-order chi connectivity index (χ1) is 10.3. The van der Waals surface area contributed by atoms with Gasteiger partial charge in [-0.2, -0.15) is 0 Å². The van der Waals surface area contributed by atoms with E-state index in [0.717, 1.165) is 36.4 Å². The van der Waals surface area contributed by atoms with Gasteiger partial charge in [0.05, 0.1) is 29.3 Å². The van der Waals surface area contributed by atoms with Gasteiger partial charge < -0.3 is 4.74 Å². The number of nitrogens with two attached hydrogens (primary N) is 1. The molecule has 2 atom stereocenters. The van der Waals surface area contributed by atoms with E-state index in [1.54, 1.807) is 0 Å². The van der Waals surface area contributed by atoms with Gasteiger partial charge in [0.15, 0.2) is 0 Å². The number of nitrogens with zero attached hydrogens (tertiary/aromatic N) is 2. The Labute approximate surface area is 128 Å². The molecule has 0 saturated carbocycles. The second kappa shape index (κ2) is 6.62. The van der Waals surface area contributed by atoms with Crippen LogP contribution < -0.4 is 11.3 Å². The van der Waals surface area contributed by atoms with Gasteiger partial charge in [-0.05, 0) is 41.9 Å². The second-order valence-electron chi connectivity index (χ2n) is 5.20. The minimum atomic E-state index is 0.0242. The summed E-state index contributed by atoms with van der Waals surface area (Å²) in [4.78, 5) is 1.12. The van der Waals surface area contributed by atoms with Crippen LogP contribution >= 0.6 is 11.5 Å². The SMILES string of the molecule is CCc1nnsc1C(CC1OCCc2ccccc21)NN. The van der Waals surface area contributed by atoms with Gasteiger partial charge in [0, 0.05) is 0 Å². The van der Waals surface area contributed by atoms with Gasteiger partial charge in [-0.3, -0.25) is 11.3 Å². The van der Waals surface area contributed by atoms with Gasteiger partial charge in [0.2, 0.25) is 0 Å². The Morgan fingerprint density at radius 1 is 1.48 bits per heavy atom. The monoisotopic (exact) mass is 304 g/mol. The number of rotatable bonds is 5. The van der Waals surface area contributed by atoms with Crippen LogP contribution in [0.25, 0.3) is 0 Å². The molecule has 1 aromatic carbocycles. The van der Waals surface area contributed by atoms with Crippen molar-refractivity contribution in [1.82, 2.24) is 15.0 Å². The topological polar surface area (TPSA) is 73.1 Å². The molecule has 5 nitrogen and oxygen atoms in total. The van der Waals surface area contributed by atoms with Gasteiger partial charge >= 0.3 is 0 Å². The normalized spacial score (nSPS) is 19.2. The first-order valence-corrected chi connectivity index (χ1v) is 8.07. The van der Waals surface area contributed by atoms with Gasteiger partial charge in [0.25, 0.3) is 0 Å². The fraction of sp³-hybridized carbons (Fsp3) is 0.467. The Balaban J connectivity index is 1.82. The molecule has 2 heterocycles. The standard InChI is InChI=1S/C15H20N4OS/c1-2-12-15(21-19-18-12)13(17-16)9-14-11-6-4-3-5-10(11)7-8-20-14/h3-6,13-14,17H,2,7-9,16H2,1H3. The summed E-state index contributed by atoms with van der Waals surface area (Å²) < 4.78 is 10.0. The lowest BCUT2D eigenvalue weighted by molar-refractivity contribution is 0.0295. The third-order valence-corrected chi connectivity index (χ3v) is 4.86. The van der Waals surface area contributed by atoms with E-state index in [-0.39, 0.29) is 12.1 Å². The molecule has 0 saturated heterocycles. The molecule has 0 amide bonds. The summed E-state index contributed by atoms with van der Waals surface area (Å²) in [7, 11) is 0. The van der Waals surface area contributed by atoms with Gasteiger partial charge in [-0.1, -0.05) is 35.7 Å². The first-order valence-electron chi connectivity index (χ1n) is 7.30. The van der Waals surface area contributed by atoms with Crippen LogP contribution in [0, 0.1) is 0 Å². The van der Waals surface area contributed by atoms with Crippen LogP contribution in [-0.2, 0) is 17.6 Å². The molecular weight excluding hydrogens is 284 g/mol. The Bertz CT molecular complexity index is 601. The zero-order chi connectivity index (χ0) is 14.7. The highest BCUT2D eigenvalue weighted by Crippen LogP contribution is 2.35. The number of ether oxygens (including phenoxy) is 1. The van der Waals surface area contributed by atoms with Crippen molar-refractivity contribution in [3.8, 4) is 0 Å². The zero-order valence-electron chi connectivity index (χ0n) is 12.1. The summed E-state index contributed by atoms with van der Waals surface area (Å²) in [5, 5.41) is 4.17. The molecule has 0 bridgehead atoms. The van der Waals surface area contributed by atoms with Crippen LogP contribution in [0.2, 0.25) is 0 Å². The highest BCUT2D eigenvalue weighted by Gasteiger charge is 2.26. The van der Waals surface area contributed by atoms with Crippen molar-refractivity contribution in [2.75, 3.05) is 6.61 Å². The van der Waals surface area contributed by atoms with Crippen molar-refractivity contribution < 1.29 is 4.74 Å². The maximum absolute atomic E-state index is 5.98. The third-order valence-electron chi connectivity index (χ3n) is 3.98. The minimum Gasteiger partial charge on any atom is -0.373 e.